The zero-order valence-electron chi connectivity index (χ0n) is 12.5. The Balaban J connectivity index is 1.87. The third-order valence-electron chi connectivity index (χ3n) is 3.84. The highest BCUT2D eigenvalue weighted by molar-refractivity contribution is 7.91. The van der Waals surface area contributed by atoms with Gasteiger partial charge in [-0.05, 0) is 37.9 Å². The van der Waals surface area contributed by atoms with E-state index in [4.69, 9.17) is 4.74 Å². The molecule has 2 atom stereocenters. The molecule has 118 valence electrons. The third-order valence-corrected chi connectivity index (χ3v) is 5.68. The molecular weight excluding hydrogens is 290 g/mol. The molecule has 2 unspecified atom stereocenters. The SMILES string of the molecule is COc1ccc(C)cc1C(O)CNCC1CCS(=O)(=O)C1. The fourth-order valence-electron chi connectivity index (χ4n) is 2.68. The van der Waals surface area contributed by atoms with Crippen LogP contribution < -0.4 is 10.1 Å². The van der Waals surface area contributed by atoms with Crippen molar-refractivity contribution in [2.24, 2.45) is 5.92 Å². The van der Waals surface area contributed by atoms with Gasteiger partial charge in [0.25, 0.3) is 0 Å². The Morgan fingerprint density at radius 3 is 2.86 bits per heavy atom. The van der Waals surface area contributed by atoms with Gasteiger partial charge in [0.05, 0.1) is 24.7 Å². The van der Waals surface area contributed by atoms with Crippen molar-refractivity contribution in [1.29, 1.82) is 0 Å². The van der Waals surface area contributed by atoms with Crippen molar-refractivity contribution in [3.05, 3.63) is 29.3 Å². The largest absolute Gasteiger partial charge is 0.496 e. The highest BCUT2D eigenvalue weighted by Crippen LogP contribution is 2.26. The van der Waals surface area contributed by atoms with Crippen molar-refractivity contribution < 1.29 is 18.3 Å². The average Bonchev–Trinajstić information content (AvgIpc) is 2.78. The van der Waals surface area contributed by atoms with Crippen LogP contribution in [0.15, 0.2) is 18.2 Å². The molecule has 2 N–H and O–H groups in total. The van der Waals surface area contributed by atoms with Gasteiger partial charge in [0, 0.05) is 12.1 Å². The first kappa shape index (κ1) is 16.3. The second-order valence-corrected chi connectivity index (χ2v) is 7.92. The summed E-state index contributed by atoms with van der Waals surface area (Å²) >= 11 is 0. The van der Waals surface area contributed by atoms with Crippen LogP contribution in [-0.4, -0.2) is 45.2 Å². The van der Waals surface area contributed by atoms with Crippen LogP contribution in [0.2, 0.25) is 0 Å². The van der Waals surface area contributed by atoms with Gasteiger partial charge in [-0.25, -0.2) is 8.42 Å². The number of sulfone groups is 1. The molecule has 0 spiro atoms. The number of aliphatic hydroxyl groups is 1. The van der Waals surface area contributed by atoms with Gasteiger partial charge in [0.15, 0.2) is 9.84 Å². The highest BCUT2D eigenvalue weighted by Gasteiger charge is 2.27. The fraction of sp³-hybridized carbons (Fsp3) is 0.600. The summed E-state index contributed by atoms with van der Waals surface area (Å²) in [6, 6.07) is 5.69. The molecule has 21 heavy (non-hydrogen) atoms. The Bertz CT molecular complexity index is 585. The summed E-state index contributed by atoms with van der Waals surface area (Å²) in [7, 11) is -1.26. The molecule has 6 heteroatoms. The molecule has 0 aromatic heterocycles. The minimum Gasteiger partial charge on any atom is -0.496 e. The summed E-state index contributed by atoms with van der Waals surface area (Å²) in [6.07, 6.45) is 0.0389. The zero-order valence-corrected chi connectivity index (χ0v) is 13.3. The number of methoxy groups -OCH3 is 1. The standard InChI is InChI=1S/C15H23NO4S/c1-11-3-4-15(20-2)13(7-11)14(17)9-16-8-12-5-6-21(18,19)10-12/h3-4,7,12,14,16-17H,5-6,8-10H2,1-2H3. The van der Waals surface area contributed by atoms with E-state index in [0.717, 1.165) is 11.1 Å². The van der Waals surface area contributed by atoms with Crippen molar-refractivity contribution in [2.75, 3.05) is 31.7 Å². The third kappa shape index (κ3) is 4.43. The van der Waals surface area contributed by atoms with Gasteiger partial charge in [-0.2, -0.15) is 0 Å². The van der Waals surface area contributed by atoms with E-state index >= 15 is 0 Å². The fourth-order valence-corrected chi connectivity index (χ4v) is 4.54. The summed E-state index contributed by atoms with van der Waals surface area (Å²) in [5.41, 5.74) is 1.82. The van der Waals surface area contributed by atoms with Crippen LogP contribution in [-0.2, 0) is 9.84 Å². The summed E-state index contributed by atoms with van der Waals surface area (Å²) in [6.45, 7) is 2.97. The molecule has 1 aliphatic rings. The minimum atomic E-state index is -2.84. The van der Waals surface area contributed by atoms with Crippen LogP contribution in [0.25, 0.3) is 0 Å². The number of nitrogens with one attached hydrogen (secondary N) is 1. The predicted molar refractivity (Wildman–Crippen MR) is 82.3 cm³/mol. The van der Waals surface area contributed by atoms with E-state index in [1.165, 1.54) is 0 Å². The van der Waals surface area contributed by atoms with Gasteiger partial charge in [-0.3, -0.25) is 0 Å². The van der Waals surface area contributed by atoms with E-state index in [1.807, 2.05) is 25.1 Å². The van der Waals surface area contributed by atoms with Crippen LogP contribution in [0.5, 0.6) is 5.75 Å². The monoisotopic (exact) mass is 313 g/mol. The molecule has 1 saturated heterocycles. The second-order valence-electron chi connectivity index (χ2n) is 5.69. The first-order valence-electron chi connectivity index (χ1n) is 7.15. The molecule has 1 aromatic carbocycles. The van der Waals surface area contributed by atoms with Gasteiger partial charge >= 0.3 is 0 Å². The lowest BCUT2D eigenvalue weighted by Gasteiger charge is -2.17. The molecule has 0 saturated carbocycles. The van der Waals surface area contributed by atoms with Crippen molar-refractivity contribution in [1.82, 2.24) is 5.32 Å². The molecule has 0 bridgehead atoms. The van der Waals surface area contributed by atoms with Crippen molar-refractivity contribution in [2.45, 2.75) is 19.4 Å². The molecule has 2 rings (SSSR count). The maximum atomic E-state index is 11.4. The molecular formula is C15H23NO4S. The molecule has 0 radical (unpaired) electrons. The van der Waals surface area contributed by atoms with E-state index in [9.17, 15) is 13.5 Å². The maximum Gasteiger partial charge on any atom is 0.150 e. The Morgan fingerprint density at radius 1 is 1.48 bits per heavy atom. The van der Waals surface area contributed by atoms with E-state index < -0.39 is 15.9 Å². The van der Waals surface area contributed by atoms with Gasteiger partial charge in [-0.15, -0.1) is 0 Å². The summed E-state index contributed by atoms with van der Waals surface area (Å²) in [4.78, 5) is 0. The highest BCUT2D eigenvalue weighted by atomic mass is 32.2. The predicted octanol–water partition coefficient (Wildman–Crippen LogP) is 1.06. The Kier molecular flexibility index (Phi) is 5.24. The van der Waals surface area contributed by atoms with Crippen LogP contribution in [0.4, 0.5) is 0 Å². The Labute approximate surface area is 126 Å². The van der Waals surface area contributed by atoms with Crippen LogP contribution in [0.1, 0.15) is 23.7 Å². The summed E-state index contributed by atoms with van der Waals surface area (Å²) < 4.78 is 28.0. The molecule has 1 aromatic rings. The number of benzene rings is 1. The van der Waals surface area contributed by atoms with Crippen molar-refractivity contribution in [3.8, 4) is 5.75 Å². The molecule has 0 aliphatic carbocycles. The maximum absolute atomic E-state index is 11.4. The van der Waals surface area contributed by atoms with E-state index in [0.29, 0.717) is 25.3 Å². The molecule has 1 heterocycles. The van der Waals surface area contributed by atoms with E-state index in [2.05, 4.69) is 5.32 Å². The topological polar surface area (TPSA) is 75.6 Å². The average molecular weight is 313 g/mol. The number of hydrogen-bond donors (Lipinski definition) is 2. The summed E-state index contributed by atoms with van der Waals surface area (Å²) in [5, 5.41) is 13.4. The van der Waals surface area contributed by atoms with Crippen LogP contribution in [0.3, 0.4) is 0 Å². The lowest BCUT2D eigenvalue weighted by atomic mass is 10.0. The van der Waals surface area contributed by atoms with Crippen LogP contribution in [0, 0.1) is 12.8 Å². The normalized spacial score (nSPS) is 22.1. The Morgan fingerprint density at radius 2 is 2.24 bits per heavy atom. The first-order chi connectivity index (χ1) is 9.91. The lowest BCUT2D eigenvalue weighted by Crippen LogP contribution is -2.28. The number of aliphatic hydroxyl groups excluding tert-OH is 1. The smallest absolute Gasteiger partial charge is 0.150 e. The lowest BCUT2D eigenvalue weighted by molar-refractivity contribution is 0.169. The van der Waals surface area contributed by atoms with E-state index in [-0.39, 0.29) is 17.4 Å². The quantitative estimate of drug-likeness (QED) is 0.821. The Hall–Kier alpha value is -1.11. The molecule has 1 aliphatic heterocycles. The molecule has 0 amide bonds. The van der Waals surface area contributed by atoms with Crippen LogP contribution >= 0.6 is 0 Å². The van der Waals surface area contributed by atoms with Crippen molar-refractivity contribution >= 4 is 9.84 Å². The number of rotatable bonds is 6. The zero-order chi connectivity index (χ0) is 15.5. The second kappa shape index (κ2) is 6.77. The first-order valence-corrected chi connectivity index (χ1v) is 8.97. The van der Waals surface area contributed by atoms with Gasteiger partial charge in [0.1, 0.15) is 5.75 Å². The van der Waals surface area contributed by atoms with Gasteiger partial charge in [-0.1, -0.05) is 11.6 Å². The van der Waals surface area contributed by atoms with Gasteiger partial charge < -0.3 is 15.2 Å². The minimum absolute atomic E-state index is 0.154. The molecule has 5 nitrogen and oxygen atoms in total. The summed E-state index contributed by atoms with van der Waals surface area (Å²) in [5.74, 6) is 1.36. The van der Waals surface area contributed by atoms with Crippen molar-refractivity contribution in [3.63, 3.8) is 0 Å². The number of hydrogen-bond acceptors (Lipinski definition) is 5. The molecule has 1 fully saturated rings. The van der Waals surface area contributed by atoms with E-state index in [1.54, 1.807) is 7.11 Å². The van der Waals surface area contributed by atoms with Gasteiger partial charge in [0.2, 0.25) is 0 Å². The number of ether oxygens (including phenoxy) is 1. The number of aryl methyl sites for hydroxylation is 1.